The minimum Gasteiger partial charge on any atom is -0.367 e. The molecular formula is C13H22ClN5O. The second-order valence-electron chi connectivity index (χ2n) is 5.52. The summed E-state index contributed by atoms with van der Waals surface area (Å²) in [6.45, 7) is 2.88. The van der Waals surface area contributed by atoms with Crippen molar-refractivity contribution in [2.75, 3.05) is 38.6 Å². The molecule has 1 aromatic heterocycles. The molecule has 0 unspecified atom stereocenters. The normalized spacial score (nSPS) is 19.6. The molecule has 2 heterocycles. The Labute approximate surface area is 124 Å². The second kappa shape index (κ2) is 6.56. The van der Waals surface area contributed by atoms with E-state index in [1.165, 1.54) is 4.68 Å². The van der Waals surface area contributed by atoms with Crippen LogP contribution in [0.4, 0.5) is 5.69 Å². The molecule has 0 amide bonds. The minimum absolute atomic E-state index is 0.135. The number of nitrogens with two attached hydrogens (primary N) is 1. The first-order chi connectivity index (χ1) is 9.49. The molecule has 0 bridgehead atoms. The van der Waals surface area contributed by atoms with Gasteiger partial charge in [-0.05, 0) is 26.9 Å². The van der Waals surface area contributed by atoms with Gasteiger partial charge in [0.1, 0.15) is 5.02 Å². The van der Waals surface area contributed by atoms with Crippen LogP contribution in [-0.2, 0) is 6.54 Å². The molecule has 6 nitrogen and oxygen atoms in total. The van der Waals surface area contributed by atoms with E-state index < -0.39 is 0 Å². The molecule has 1 aliphatic heterocycles. The van der Waals surface area contributed by atoms with Crippen LogP contribution < -0.4 is 16.2 Å². The van der Waals surface area contributed by atoms with E-state index in [9.17, 15) is 4.79 Å². The Bertz CT molecular complexity index is 516. The summed E-state index contributed by atoms with van der Waals surface area (Å²) in [5.74, 6) is 0. The van der Waals surface area contributed by atoms with Crippen molar-refractivity contribution in [1.82, 2.24) is 14.7 Å². The minimum atomic E-state index is -0.231. The lowest BCUT2D eigenvalue weighted by Crippen LogP contribution is -2.43. The van der Waals surface area contributed by atoms with E-state index in [1.54, 1.807) is 6.20 Å². The van der Waals surface area contributed by atoms with E-state index in [0.717, 1.165) is 32.5 Å². The third-order valence-electron chi connectivity index (χ3n) is 3.52. The summed E-state index contributed by atoms with van der Waals surface area (Å²) in [6, 6.07) is 0.135. The Morgan fingerprint density at radius 2 is 2.30 bits per heavy atom. The van der Waals surface area contributed by atoms with Gasteiger partial charge in [-0.2, -0.15) is 5.10 Å². The molecule has 1 aromatic rings. The van der Waals surface area contributed by atoms with Crippen molar-refractivity contribution in [1.29, 1.82) is 0 Å². The number of hydrogen-bond donors (Lipinski definition) is 1. The predicted molar refractivity (Wildman–Crippen MR) is 81.5 cm³/mol. The molecular weight excluding hydrogens is 278 g/mol. The lowest BCUT2D eigenvalue weighted by atomic mass is 10.1. The van der Waals surface area contributed by atoms with Crippen molar-refractivity contribution >= 4 is 17.3 Å². The first kappa shape index (κ1) is 15.3. The van der Waals surface area contributed by atoms with E-state index >= 15 is 0 Å². The van der Waals surface area contributed by atoms with Gasteiger partial charge >= 0.3 is 0 Å². The summed E-state index contributed by atoms with van der Waals surface area (Å²) in [5.41, 5.74) is 6.44. The molecule has 1 saturated heterocycles. The van der Waals surface area contributed by atoms with E-state index in [4.69, 9.17) is 17.3 Å². The molecule has 0 saturated carbocycles. The summed E-state index contributed by atoms with van der Waals surface area (Å²) in [5, 5.41) is 4.47. The van der Waals surface area contributed by atoms with Crippen LogP contribution in [0.5, 0.6) is 0 Å². The number of piperidine rings is 1. The van der Waals surface area contributed by atoms with Gasteiger partial charge in [-0.15, -0.1) is 0 Å². The van der Waals surface area contributed by atoms with Crippen molar-refractivity contribution in [3.63, 3.8) is 0 Å². The highest BCUT2D eigenvalue weighted by Gasteiger charge is 2.21. The molecule has 1 aliphatic rings. The topological polar surface area (TPSA) is 67.4 Å². The van der Waals surface area contributed by atoms with E-state index in [1.807, 2.05) is 19.0 Å². The quantitative estimate of drug-likeness (QED) is 0.871. The van der Waals surface area contributed by atoms with Gasteiger partial charge < -0.3 is 15.5 Å². The number of halogens is 1. The van der Waals surface area contributed by atoms with Crippen LogP contribution in [0.1, 0.15) is 12.8 Å². The molecule has 0 radical (unpaired) electrons. The van der Waals surface area contributed by atoms with Crippen molar-refractivity contribution in [3.05, 3.63) is 21.6 Å². The summed E-state index contributed by atoms with van der Waals surface area (Å²) in [6.07, 6.45) is 3.71. The maximum atomic E-state index is 12.2. The van der Waals surface area contributed by atoms with Gasteiger partial charge in [0, 0.05) is 25.7 Å². The van der Waals surface area contributed by atoms with Crippen LogP contribution in [0.25, 0.3) is 0 Å². The van der Waals surface area contributed by atoms with Crippen molar-refractivity contribution < 1.29 is 0 Å². The fourth-order valence-electron chi connectivity index (χ4n) is 2.36. The van der Waals surface area contributed by atoms with Gasteiger partial charge in [0.25, 0.3) is 5.56 Å². The summed E-state index contributed by atoms with van der Waals surface area (Å²) in [7, 11) is 3.91. The molecule has 0 aromatic carbocycles. The Morgan fingerprint density at radius 1 is 1.55 bits per heavy atom. The monoisotopic (exact) mass is 299 g/mol. The molecule has 2 rings (SSSR count). The highest BCUT2D eigenvalue weighted by Crippen LogP contribution is 2.24. The van der Waals surface area contributed by atoms with Gasteiger partial charge in [-0.25, -0.2) is 4.68 Å². The predicted octanol–water partition coefficient (Wildman–Crippen LogP) is 0.386. The van der Waals surface area contributed by atoms with Gasteiger partial charge in [-0.3, -0.25) is 4.79 Å². The smallest absolute Gasteiger partial charge is 0.287 e. The third kappa shape index (κ3) is 3.50. The Morgan fingerprint density at radius 3 is 2.95 bits per heavy atom. The maximum absolute atomic E-state index is 12.2. The van der Waals surface area contributed by atoms with Crippen LogP contribution in [0.3, 0.4) is 0 Å². The molecule has 7 heteroatoms. The Balaban J connectivity index is 2.20. The van der Waals surface area contributed by atoms with Crippen LogP contribution in [-0.4, -0.2) is 54.5 Å². The lowest BCUT2D eigenvalue weighted by Gasteiger charge is -2.32. The van der Waals surface area contributed by atoms with E-state index in [0.29, 0.717) is 12.2 Å². The Kier molecular flexibility index (Phi) is 5.01. The molecule has 1 fully saturated rings. The number of anilines is 1. The molecule has 1 atom stereocenters. The van der Waals surface area contributed by atoms with Crippen LogP contribution in [0.2, 0.25) is 5.02 Å². The highest BCUT2D eigenvalue weighted by atomic mass is 35.5. The number of likely N-dealkylation sites (N-methyl/N-ethyl adjacent to an activating group) is 1. The molecule has 20 heavy (non-hydrogen) atoms. The zero-order valence-corrected chi connectivity index (χ0v) is 12.8. The Hall–Kier alpha value is -1.11. The maximum Gasteiger partial charge on any atom is 0.287 e. The average molecular weight is 300 g/mol. The summed E-state index contributed by atoms with van der Waals surface area (Å²) in [4.78, 5) is 16.3. The largest absolute Gasteiger partial charge is 0.367 e. The number of hydrogen-bond acceptors (Lipinski definition) is 5. The molecule has 0 aliphatic carbocycles. The average Bonchev–Trinajstić information content (AvgIpc) is 2.40. The fourth-order valence-corrected chi connectivity index (χ4v) is 2.63. The van der Waals surface area contributed by atoms with Crippen LogP contribution in [0.15, 0.2) is 11.0 Å². The second-order valence-corrected chi connectivity index (χ2v) is 5.90. The highest BCUT2D eigenvalue weighted by molar-refractivity contribution is 6.33. The van der Waals surface area contributed by atoms with E-state index in [-0.39, 0.29) is 16.6 Å². The number of nitrogens with zero attached hydrogens (tertiary/aromatic N) is 4. The molecule has 2 N–H and O–H groups in total. The van der Waals surface area contributed by atoms with Crippen LogP contribution in [0, 0.1) is 0 Å². The van der Waals surface area contributed by atoms with Gasteiger partial charge in [0.15, 0.2) is 0 Å². The summed E-state index contributed by atoms with van der Waals surface area (Å²) < 4.78 is 1.41. The van der Waals surface area contributed by atoms with Crippen molar-refractivity contribution in [2.45, 2.75) is 25.4 Å². The van der Waals surface area contributed by atoms with Crippen LogP contribution >= 0.6 is 11.6 Å². The van der Waals surface area contributed by atoms with Gasteiger partial charge in [0.2, 0.25) is 0 Å². The lowest BCUT2D eigenvalue weighted by molar-refractivity contribution is 0.367. The van der Waals surface area contributed by atoms with E-state index in [2.05, 4.69) is 10.00 Å². The van der Waals surface area contributed by atoms with Crippen molar-refractivity contribution in [2.24, 2.45) is 5.73 Å². The first-order valence-electron chi connectivity index (χ1n) is 6.90. The molecule has 0 spiro atoms. The standard InChI is InChI=1S/C13H22ClN5O/c1-17(2)6-7-19-13(20)12(14)11(8-16-19)18-5-3-4-10(15)9-18/h8,10H,3-7,9,15H2,1-2H3/t10-/m1/s1. The van der Waals surface area contributed by atoms with Gasteiger partial charge in [0.05, 0.1) is 18.4 Å². The van der Waals surface area contributed by atoms with Gasteiger partial charge in [-0.1, -0.05) is 11.6 Å². The number of aromatic nitrogens is 2. The zero-order valence-electron chi connectivity index (χ0n) is 12.0. The van der Waals surface area contributed by atoms with Crippen molar-refractivity contribution in [3.8, 4) is 0 Å². The zero-order chi connectivity index (χ0) is 14.7. The SMILES string of the molecule is CN(C)CCn1ncc(N2CCC[C@@H](N)C2)c(Cl)c1=O. The summed E-state index contributed by atoms with van der Waals surface area (Å²) >= 11 is 6.23. The number of rotatable bonds is 4. The first-order valence-corrected chi connectivity index (χ1v) is 7.27. The fraction of sp³-hybridized carbons (Fsp3) is 0.692. The third-order valence-corrected chi connectivity index (χ3v) is 3.88. The molecule has 112 valence electrons.